The second kappa shape index (κ2) is 6.29. The molecule has 0 aromatic rings. The van der Waals surface area contributed by atoms with E-state index in [0.717, 1.165) is 13.1 Å². The van der Waals surface area contributed by atoms with Crippen LogP contribution in [0.3, 0.4) is 0 Å². The third-order valence-corrected chi connectivity index (χ3v) is 3.78. The summed E-state index contributed by atoms with van der Waals surface area (Å²) in [4.78, 5) is 2.19. The highest BCUT2D eigenvalue weighted by atomic mass is 32.2. The molecule has 0 bridgehead atoms. The maximum Gasteiger partial charge on any atom is 0.441 e. The summed E-state index contributed by atoms with van der Waals surface area (Å²) in [5.74, 6) is 0.588. The molecule has 0 saturated carbocycles. The van der Waals surface area contributed by atoms with E-state index in [-0.39, 0.29) is 17.5 Å². The molecular weight excluding hydrogens is 249 g/mol. The van der Waals surface area contributed by atoms with Crippen LogP contribution in [0.1, 0.15) is 20.8 Å². The lowest BCUT2D eigenvalue weighted by atomic mass is 9.99. The normalized spacial score (nSPS) is 27.7. The molecule has 6 heteroatoms. The van der Waals surface area contributed by atoms with Gasteiger partial charge in [-0.2, -0.15) is 13.2 Å². The molecule has 1 heterocycles. The summed E-state index contributed by atoms with van der Waals surface area (Å²) < 4.78 is 36.2. The van der Waals surface area contributed by atoms with Gasteiger partial charge in [-0.25, -0.2) is 0 Å². The molecule has 0 amide bonds. The summed E-state index contributed by atoms with van der Waals surface area (Å²) in [7, 11) is 0. The lowest BCUT2D eigenvalue weighted by Gasteiger charge is -2.41. The van der Waals surface area contributed by atoms with Crippen LogP contribution in [-0.4, -0.2) is 47.9 Å². The largest absolute Gasteiger partial charge is 0.441 e. The first-order valence-corrected chi connectivity index (χ1v) is 6.96. The molecule has 102 valence electrons. The highest BCUT2D eigenvalue weighted by Gasteiger charge is 2.31. The minimum absolute atomic E-state index is 0.0801. The van der Waals surface area contributed by atoms with Crippen LogP contribution in [0.15, 0.2) is 0 Å². The number of hydrogen-bond donors (Lipinski definition) is 1. The predicted octanol–water partition coefficient (Wildman–Crippen LogP) is 2.56. The van der Waals surface area contributed by atoms with E-state index in [2.05, 4.69) is 31.0 Å². The molecule has 1 fully saturated rings. The number of nitrogens with one attached hydrogen (secondary N) is 1. The Hall–Kier alpha value is 0.0600. The van der Waals surface area contributed by atoms with Crippen molar-refractivity contribution in [2.45, 2.75) is 38.4 Å². The van der Waals surface area contributed by atoms with Crippen LogP contribution in [0.2, 0.25) is 0 Å². The minimum atomic E-state index is -4.10. The molecule has 1 aliphatic heterocycles. The Morgan fingerprint density at radius 3 is 2.59 bits per heavy atom. The van der Waals surface area contributed by atoms with E-state index in [1.165, 1.54) is 0 Å². The van der Waals surface area contributed by atoms with Crippen LogP contribution in [-0.2, 0) is 0 Å². The standard InChI is InChI=1S/C11H21F3N2S/c1-8(2)10-6-15-9(3)7-16(10)4-5-17-11(12,13)14/h8-10,15H,4-7H2,1-3H3. The van der Waals surface area contributed by atoms with Gasteiger partial charge in [-0.3, -0.25) is 4.90 Å². The van der Waals surface area contributed by atoms with Crippen molar-refractivity contribution >= 4 is 11.8 Å². The molecule has 0 radical (unpaired) electrons. The Morgan fingerprint density at radius 2 is 2.06 bits per heavy atom. The molecule has 17 heavy (non-hydrogen) atoms. The van der Waals surface area contributed by atoms with Crippen molar-refractivity contribution in [2.24, 2.45) is 5.92 Å². The topological polar surface area (TPSA) is 15.3 Å². The molecule has 0 aromatic carbocycles. The quantitative estimate of drug-likeness (QED) is 0.845. The zero-order valence-corrected chi connectivity index (χ0v) is 11.4. The fourth-order valence-corrected chi connectivity index (χ4v) is 2.75. The Morgan fingerprint density at radius 1 is 1.41 bits per heavy atom. The zero-order chi connectivity index (χ0) is 13.1. The predicted molar refractivity (Wildman–Crippen MR) is 66.2 cm³/mol. The lowest BCUT2D eigenvalue weighted by Crippen LogP contribution is -2.57. The van der Waals surface area contributed by atoms with Gasteiger partial charge in [0, 0.05) is 37.5 Å². The molecule has 1 N–H and O–H groups in total. The molecular formula is C11H21F3N2S. The molecule has 2 nitrogen and oxygen atoms in total. The third kappa shape index (κ3) is 5.48. The summed E-state index contributed by atoms with van der Waals surface area (Å²) in [6.07, 6.45) is 0. The SMILES string of the molecule is CC1CN(CCSC(F)(F)F)C(C(C)C)CN1. The monoisotopic (exact) mass is 270 g/mol. The van der Waals surface area contributed by atoms with Gasteiger partial charge < -0.3 is 5.32 Å². The molecule has 0 spiro atoms. The van der Waals surface area contributed by atoms with Crippen LogP contribution in [0.5, 0.6) is 0 Å². The summed E-state index contributed by atoms with van der Waals surface area (Å²) >= 11 is 0.0801. The lowest BCUT2D eigenvalue weighted by molar-refractivity contribution is -0.0330. The van der Waals surface area contributed by atoms with Gasteiger partial charge in [-0.1, -0.05) is 13.8 Å². The van der Waals surface area contributed by atoms with E-state index in [0.29, 0.717) is 24.5 Å². The highest BCUT2D eigenvalue weighted by molar-refractivity contribution is 8.00. The van der Waals surface area contributed by atoms with E-state index in [9.17, 15) is 13.2 Å². The van der Waals surface area contributed by atoms with E-state index >= 15 is 0 Å². The summed E-state index contributed by atoms with van der Waals surface area (Å²) in [5.41, 5.74) is -4.10. The smallest absolute Gasteiger partial charge is 0.311 e. The molecule has 1 aliphatic rings. The minimum Gasteiger partial charge on any atom is -0.311 e. The number of rotatable bonds is 4. The number of hydrogen-bond acceptors (Lipinski definition) is 3. The highest BCUT2D eigenvalue weighted by Crippen LogP contribution is 2.30. The molecule has 0 aromatic heterocycles. The Labute approximate surface area is 105 Å². The van der Waals surface area contributed by atoms with E-state index in [4.69, 9.17) is 0 Å². The average Bonchev–Trinajstić information content (AvgIpc) is 2.15. The van der Waals surface area contributed by atoms with Crippen molar-refractivity contribution in [1.29, 1.82) is 0 Å². The zero-order valence-electron chi connectivity index (χ0n) is 10.5. The van der Waals surface area contributed by atoms with E-state index in [1.807, 2.05) is 0 Å². The molecule has 1 saturated heterocycles. The number of piperazine rings is 1. The second-order valence-electron chi connectivity index (χ2n) is 4.91. The Balaban J connectivity index is 2.41. The maximum absolute atomic E-state index is 12.1. The van der Waals surface area contributed by atoms with Gasteiger partial charge in [-0.15, -0.1) is 0 Å². The first kappa shape index (κ1) is 15.1. The van der Waals surface area contributed by atoms with Gasteiger partial charge in [0.05, 0.1) is 0 Å². The first-order valence-electron chi connectivity index (χ1n) is 5.97. The van der Waals surface area contributed by atoms with Gasteiger partial charge in [-0.05, 0) is 24.6 Å². The molecule has 2 atom stereocenters. The number of thioether (sulfide) groups is 1. The van der Waals surface area contributed by atoms with Crippen molar-refractivity contribution in [3.05, 3.63) is 0 Å². The molecule has 0 aliphatic carbocycles. The van der Waals surface area contributed by atoms with Gasteiger partial charge >= 0.3 is 5.51 Å². The number of alkyl halides is 3. The van der Waals surface area contributed by atoms with Crippen molar-refractivity contribution in [3.8, 4) is 0 Å². The Bertz CT molecular complexity index is 233. The van der Waals surface area contributed by atoms with Gasteiger partial charge in [0.25, 0.3) is 0 Å². The van der Waals surface area contributed by atoms with Crippen LogP contribution in [0.25, 0.3) is 0 Å². The molecule has 2 unspecified atom stereocenters. The van der Waals surface area contributed by atoms with Crippen LogP contribution < -0.4 is 5.32 Å². The summed E-state index contributed by atoms with van der Waals surface area (Å²) in [6, 6.07) is 0.709. The second-order valence-corrected chi connectivity index (χ2v) is 6.07. The first-order chi connectivity index (χ1) is 7.79. The van der Waals surface area contributed by atoms with Crippen molar-refractivity contribution in [1.82, 2.24) is 10.2 Å². The number of nitrogens with zero attached hydrogens (tertiary/aromatic N) is 1. The molecule has 1 rings (SSSR count). The van der Waals surface area contributed by atoms with Crippen molar-refractivity contribution in [2.75, 3.05) is 25.4 Å². The average molecular weight is 270 g/mol. The van der Waals surface area contributed by atoms with Gasteiger partial charge in [0.15, 0.2) is 0 Å². The third-order valence-electron chi connectivity index (χ3n) is 3.07. The van der Waals surface area contributed by atoms with Gasteiger partial charge in [0.1, 0.15) is 0 Å². The van der Waals surface area contributed by atoms with Crippen molar-refractivity contribution < 1.29 is 13.2 Å². The fraction of sp³-hybridized carbons (Fsp3) is 1.00. The van der Waals surface area contributed by atoms with Crippen molar-refractivity contribution in [3.63, 3.8) is 0 Å². The maximum atomic E-state index is 12.1. The van der Waals surface area contributed by atoms with Gasteiger partial charge in [0.2, 0.25) is 0 Å². The van der Waals surface area contributed by atoms with Crippen LogP contribution in [0.4, 0.5) is 13.2 Å². The summed E-state index contributed by atoms with van der Waals surface area (Å²) in [6.45, 7) is 8.52. The summed E-state index contributed by atoms with van der Waals surface area (Å²) in [5, 5.41) is 3.38. The Kier molecular flexibility index (Phi) is 5.60. The van der Waals surface area contributed by atoms with E-state index < -0.39 is 5.51 Å². The fourth-order valence-electron chi connectivity index (χ4n) is 2.20. The van der Waals surface area contributed by atoms with Crippen LogP contribution >= 0.6 is 11.8 Å². The van der Waals surface area contributed by atoms with Crippen LogP contribution in [0, 0.1) is 5.92 Å². The number of halogens is 3. The van der Waals surface area contributed by atoms with E-state index in [1.54, 1.807) is 0 Å².